The molecular weight excluding hydrogens is 1080 g/mol. The minimum atomic E-state index is -0.642. The molecule has 6 saturated heterocycles. The molecule has 6 aromatic rings. The number of anilines is 10. The van der Waals surface area contributed by atoms with Crippen molar-refractivity contribution in [2.45, 2.75) is 151 Å². The van der Waals surface area contributed by atoms with Crippen LogP contribution in [0.25, 0.3) is 0 Å². The van der Waals surface area contributed by atoms with Crippen LogP contribution in [0.3, 0.4) is 0 Å². The Labute approximate surface area is 504 Å². The summed E-state index contributed by atoms with van der Waals surface area (Å²) in [5.41, 5.74) is 5.06. The van der Waals surface area contributed by atoms with Crippen molar-refractivity contribution in [2.24, 2.45) is 0 Å². The van der Waals surface area contributed by atoms with Gasteiger partial charge in [0, 0.05) is 45.9 Å². The SMILES string of the molecule is C[C@H]1COC(=O)N1c1cccc(N2c3nc(Nc4ccc(C5CCN(C)CC5)cc4)nc(C[C@H]4COC(=O)N4c4cccc(N5c6nc(Nc7ccc(C8CCN(C)CC8)cc7)ncc6[C@@]6(C)COC(C)(C)C[C@@H]56)n4)c3[C@]3(C)COC(C)(C)C[C@H]23)n1. The highest BCUT2D eigenvalue weighted by molar-refractivity contribution is 5.90. The fourth-order valence-electron chi connectivity index (χ4n) is 14.9. The molecule has 0 spiro atoms. The van der Waals surface area contributed by atoms with Crippen LogP contribution < -0.4 is 30.2 Å². The van der Waals surface area contributed by atoms with Crippen molar-refractivity contribution in [3.05, 3.63) is 119 Å². The molecule has 0 bridgehead atoms. The summed E-state index contributed by atoms with van der Waals surface area (Å²) in [6, 6.07) is 28.0. The van der Waals surface area contributed by atoms with Gasteiger partial charge in [-0.25, -0.2) is 29.5 Å². The maximum absolute atomic E-state index is 14.5. The van der Waals surface area contributed by atoms with Crippen LogP contribution in [-0.2, 0) is 36.2 Å². The summed E-state index contributed by atoms with van der Waals surface area (Å²) in [4.78, 5) is 72.0. The molecule has 14 rings (SSSR count). The number of nitrogens with zero attached hydrogens (tertiary/aromatic N) is 12. The highest BCUT2D eigenvalue weighted by Gasteiger charge is 2.58. The number of carbonyl (C=O) groups is 2. The molecule has 0 saturated carbocycles. The summed E-state index contributed by atoms with van der Waals surface area (Å²) >= 11 is 0. The van der Waals surface area contributed by atoms with Crippen molar-refractivity contribution in [1.82, 2.24) is 39.7 Å². The Morgan fingerprint density at radius 1 is 0.547 bits per heavy atom. The van der Waals surface area contributed by atoms with Gasteiger partial charge in [0.15, 0.2) is 0 Å². The Balaban J connectivity index is 0.824. The van der Waals surface area contributed by atoms with Crippen LogP contribution in [0, 0.1) is 0 Å². The molecule has 20 heteroatoms. The Kier molecular flexibility index (Phi) is 14.0. The van der Waals surface area contributed by atoms with Gasteiger partial charge in [-0.15, -0.1) is 0 Å². The van der Waals surface area contributed by atoms with Gasteiger partial charge in [0.05, 0.1) is 54.3 Å². The van der Waals surface area contributed by atoms with Gasteiger partial charge < -0.3 is 49.2 Å². The topological polar surface area (TPSA) is 192 Å². The van der Waals surface area contributed by atoms with E-state index in [2.05, 4.69) is 134 Å². The molecule has 8 aliphatic heterocycles. The van der Waals surface area contributed by atoms with E-state index in [1.807, 2.05) is 49.5 Å². The number of hydrogen-bond acceptors (Lipinski definition) is 18. The van der Waals surface area contributed by atoms with Crippen LogP contribution in [-0.4, -0.2) is 154 Å². The smallest absolute Gasteiger partial charge is 0.415 e. The number of aromatic nitrogens is 6. The van der Waals surface area contributed by atoms with E-state index in [0.717, 1.165) is 85.9 Å². The van der Waals surface area contributed by atoms with Gasteiger partial charge in [-0.1, -0.05) is 50.2 Å². The predicted octanol–water partition coefficient (Wildman–Crippen LogP) is 11.0. The molecule has 2 N–H and O–H groups in total. The maximum atomic E-state index is 14.5. The summed E-state index contributed by atoms with van der Waals surface area (Å²) in [6.45, 7) is 20.5. The lowest BCUT2D eigenvalue weighted by molar-refractivity contribution is -0.0896. The second-order valence-corrected chi connectivity index (χ2v) is 27.2. The first kappa shape index (κ1) is 56.3. The number of benzene rings is 2. The lowest BCUT2D eigenvalue weighted by atomic mass is 9.72. The highest BCUT2D eigenvalue weighted by Crippen LogP contribution is 2.56. The molecule has 86 heavy (non-hydrogen) atoms. The maximum Gasteiger partial charge on any atom is 0.415 e. The molecule has 6 atom stereocenters. The molecule has 0 aliphatic carbocycles. The van der Waals surface area contributed by atoms with E-state index in [4.69, 9.17) is 48.9 Å². The van der Waals surface area contributed by atoms with Crippen LogP contribution in [0.4, 0.5) is 67.8 Å². The average Bonchev–Trinajstić information content (AvgIpc) is 1.57. The number of carbonyl (C=O) groups excluding carboxylic acids is 2. The van der Waals surface area contributed by atoms with Crippen LogP contribution >= 0.6 is 0 Å². The Bertz CT molecular complexity index is 3570. The zero-order valence-electron chi connectivity index (χ0n) is 51.0. The van der Waals surface area contributed by atoms with Gasteiger partial charge in [-0.2, -0.15) is 9.97 Å². The second-order valence-electron chi connectivity index (χ2n) is 27.2. The number of nitrogens with one attached hydrogen (secondary N) is 2. The molecular formula is C66H80N14O6. The molecule has 8 aliphatic rings. The number of rotatable bonds is 12. The van der Waals surface area contributed by atoms with Crippen molar-refractivity contribution in [3.8, 4) is 0 Å². The number of likely N-dealkylation sites (tertiary alicyclic amines) is 2. The van der Waals surface area contributed by atoms with Crippen molar-refractivity contribution in [3.63, 3.8) is 0 Å². The third kappa shape index (κ3) is 10.1. The summed E-state index contributed by atoms with van der Waals surface area (Å²) in [5.74, 6) is 5.61. The first-order chi connectivity index (χ1) is 41.3. The second kappa shape index (κ2) is 21.4. The first-order valence-corrected chi connectivity index (χ1v) is 30.9. The summed E-state index contributed by atoms with van der Waals surface area (Å²) in [7, 11) is 4.38. The fraction of sp³-hybridized carbons (Fsp3) is 0.515. The van der Waals surface area contributed by atoms with Gasteiger partial charge in [-0.05, 0) is 185 Å². The summed E-state index contributed by atoms with van der Waals surface area (Å²) in [6.07, 6.45) is 7.21. The molecule has 4 aromatic heterocycles. The van der Waals surface area contributed by atoms with E-state index in [1.165, 1.54) is 11.1 Å². The van der Waals surface area contributed by atoms with Gasteiger partial charge in [-0.3, -0.25) is 9.80 Å². The van der Waals surface area contributed by atoms with Gasteiger partial charge in [0.25, 0.3) is 0 Å². The molecule has 2 aromatic carbocycles. The zero-order valence-corrected chi connectivity index (χ0v) is 51.0. The standard InChI is InChI=1S/C66H80N14O6/c1-40-36-83-61(81)77(40)52-12-10-15-55(71-52)80-51-34-64(4,5)86-39-66(51,7)56-49(70-60(74-58(56)80)69-46-22-18-42(19-23-46)44-26-30-76(9)31-27-44)32-47-37-84-62(82)78(47)53-13-11-14-54(72-53)79-50-33-63(2,3)85-38-65(50,6)48-35-67-59(73-57(48)79)68-45-20-16-41(17-21-45)43-24-28-75(8)29-25-43/h10-23,35,40,43-44,47,50-51H,24-34,36-39H2,1-9H3,(H,67,68,73)(H,69,70,74)/t40-,47-,50+,51-,65+,66+/m0/s1. The van der Waals surface area contributed by atoms with Crippen molar-refractivity contribution >= 4 is 70.4 Å². The van der Waals surface area contributed by atoms with E-state index >= 15 is 0 Å². The van der Waals surface area contributed by atoms with Crippen LogP contribution in [0.15, 0.2) is 91.1 Å². The predicted molar refractivity (Wildman–Crippen MR) is 331 cm³/mol. The quantitative estimate of drug-likeness (QED) is 0.117. The highest BCUT2D eigenvalue weighted by atomic mass is 16.6. The van der Waals surface area contributed by atoms with Gasteiger partial charge in [0.2, 0.25) is 11.9 Å². The third-order valence-corrected chi connectivity index (χ3v) is 20.0. The van der Waals surface area contributed by atoms with Crippen molar-refractivity contribution in [1.29, 1.82) is 0 Å². The largest absolute Gasteiger partial charge is 0.447 e. The van der Waals surface area contributed by atoms with E-state index in [9.17, 15) is 9.59 Å². The lowest BCUT2D eigenvalue weighted by Crippen LogP contribution is -2.54. The lowest BCUT2D eigenvalue weighted by Gasteiger charge is -2.46. The molecule has 450 valence electrons. The minimum absolute atomic E-state index is 0.0919. The van der Waals surface area contributed by atoms with Gasteiger partial charge in [0.1, 0.15) is 48.1 Å². The molecule has 0 unspecified atom stereocenters. The number of pyridine rings is 2. The normalized spacial score (nSPS) is 27.4. The third-order valence-electron chi connectivity index (χ3n) is 20.0. The fourth-order valence-corrected chi connectivity index (χ4v) is 14.9. The van der Waals surface area contributed by atoms with E-state index in [-0.39, 0.29) is 31.3 Å². The number of hydrogen-bond donors (Lipinski definition) is 2. The number of piperidine rings is 2. The minimum Gasteiger partial charge on any atom is -0.447 e. The van der Waals surface area contributed by atoms with Crippen LogP contribution in [0.5, 0.6) is 0 Å². The summed E-state index contributed by atoms with van der Waals surface area (Å²) in [5, 5.41) is 7.14. The Morgan fingerprint density at radius 2 is 1.02 bits per heavy atom. The number of cyclic esters (lactones) is 2. The van der Waals surface area contributed by atoms with E-state index in [0.29, 0.717) is 85.3 Å². The van der Waals surface area contributed by atoms with Crippen molar-refractivity contribution < 1.29 is 28.5 Å². The molecule has 6 fully saturated rings. The van der Waals surface area contributed by atoms with Gasteiger partial charge >= 0.3 is 12.2 Å². The average molecular weight is 1170 g/mol. The Morgan fingerprint density at radius 3 is 1.58 bits per heavy atom. The van der Waals surface area contributed by atoms with Crippen LogP contribution in [0.2, 0.25) is 0 Å². The first-order valence-electron chi connectivity index (χ1n) is 30.9. The van der Waals surface area contributed by atoms with Crippen LogP contribution in [0.1, 0.15) is 127 Å². The zero-order chi connectivity index (χ0) is 59.4. The molecule has 2 amide bonds. The summed E-state index contributed by atoms with van der Waals surface area (Å²) < 4.78 is 24.9. The number of amides is 2. The van der Waals surface area contributed by atoms with E-state index in [1.54, 1.807) is 9.80 Å². The number of fused-ring (bicyclic) bond motifs is 6. The molecule has 12 heterocycles. The van der Waals surface area contributed by atoms with E-state index < -0.39 is 40.3 Å². The monoisotopic (exact) mass is 1160 g/mol. The molecule has 20 nitrogen and oxygen atoms in total. The number of ether oxygens (including phenoxy) is 4. The Hall–Kier alpha value is -7.52. The molecule has 0 radical (unpaired) electrons. The van der Waals surface area contributed by atoms with Crippen molar-refractivity contribution in [2.75, 3.05) is 96.9 Å².